The van der Waals surface area contributed by atoms with Crippen molar-refractivity contribution in [1.29, 1.82) is 0 Å². The van der Waals surface area contributed by atoms with Crippen LogP contribution in [0.4, 0.5) is 5.69 Å². The van der Waals surface area contributed by atoms with E-state index in [1.165, 1.54) is 6.07 Å². The summed E-state index contributed by atoms with van der Waals surface area (Å²) in [5.41, 5.74) is 1.34. The number of hydrogen-bond donors (Lipinski definition) is 1. The number of hydrogen-bond acceptors (Lipinski definition) is 6. The minimum atomic E-state index is -0.407. The maximum absolute atomic E-state index is 10.8. The average Bonchev–Trinajstić information content (AvgIpc) is 2.86. The molecule has 112 valence electrons. The predicted octanol–water partition coefficient (Wildman–Crippen LogP) is 2.49. The van der Waals surface area contributed by atoms with Crippen molar-refractivity contribution in [3.63, 3.8) is 0 Å². The van der Waals surface area contributed by atoms with E-state index in [1.807, 2.05) is 0 Å². The number of rotatable bonds is 6. The molecular weight excluding hydrogens is 272 g/mol. The molecule has 0 spiro atoms. The van der Waals surface area contributed by atoms with Crippen molar-refractivity contribution in [2.75, 3.05) is 6.54 Å². The smallest absolute Gasteiger partial charge is 0.272 e. The molecule has 1 aromatic heterocycles. The van der Waals surface area contributed by atoms with Crippen LogP contribution >= 0.6 is 0 Å². The van der Waals surface area contributed by atoms with Crippen molar-refractivity contribution in [3.05, 3.63) is 39.8 Å². The SMILES string of the molecule is Cc1cc(-c2nnc(CCNC(C)C)o2)ccc1[N+](=O)[O-]. The Hall–Kier alpha value is -2.28. The molecule has 0 aliphatic heterocycles. The molecule has 21 heavy (non-hydrogen) atoms. The molecule has 0 atom stereocenters. The molecule has 1 aromatic carbocycles. The molecule has 0 saturated carbocycles. The number of nitrogens with one attached hydrogen (secondary N) is 1. The van der Waals surface area contributed by atoms with E-state index in [0.29, 0.717) is 35.4 Å². The second-order valence-corrected chi connectivity index (χ2v) is 5.12. The summed E-state index contributed by atoms with van der Waals surface area (Å²) in [6.07, 6.45) is 0.650. The van der Waals surface area contributed by atoms with Crippen LogP contribution < -0.4 is 5.32 Å². The first-order chi connectivity index (χ1) is 9.97. The van der Waals surface area contributed by atoms with E-state index in [9.17, 15) is 10.1 Å². The normalized spacial score (nSPS) is 11.0. The van der Waals surface area contributed by atoms with Crippen molar-refractivity contribution in [1.82, 2.24) is 15.5 Å². The third-order valence-corrected chi connectivity index (χ3v) is 3.00. The Kier molecular flexibility index (Phi) is 4.64. The number of nitro groups is 1. The lowest BCUT2D eigenvalue weighted by molar-refractivity contribution is -0.385. The van der Waals surface area contributed by atoms with Gasteiger partial charge in [0, 0.05) is 36.2 Å². The van der Waals surface area contributed by atoms with Crippen molar-refractivity contribution in [2.45, 2.75) is 33.2 Å². The van der Waals surface area contributed by atoms with Gasteiger partial charge in [-0.2, -0.15) is 0 Å². The third-order valence-electron chi connectivity index (χ3n) is 3.00. The van der Waals surface area contributed by atoms with Crippen LogP contribution in [0.3, 0.4) is 0 Å². The molecule has 1 N–H and O–H groups in total. The van der Waals surface area contributed by atoms with Crippen LogP contribution in [-0.2, 0) is 6.42 Å². The molecule has 0 aliphatic rings. The van der Waals surface area contributed by atoms with Crippen LogP contribution in [-0.4, -0.2) is 27.7 Å². The van der Waals surface area contributed by atoms with Gasteiger partial charge in [-0.25, -0.2) is 0 Å². The first-order valence-corrected chi connectivity index (χ1v) is 6.78. The molecule has 1 heterocycles. The van der Waals surface area contributed by atoms with Crippen LogP contribution in [0.5, 0.6) is 0 Å². The lowest BCUT2D eigenvalue weighted by Crippen LogP contribution is -2.25. The van der Waals surface area contributed by atoms with E-state index < -0.39 is 4.92 Å². The predicted molar refractivity (Wildman–Crippen MR) is 78.0 cm³/mol. The zero-order valence-corrected chi connectivity index (χ0v) is 12.3. The molecule has 0 saturated heterocycles. The molecular formula is C14H18N4O3. The molecule has 2 rings (SSSR count). The van der Waals surface area contributed by atoms with E-state index in [0.717, 1.165) is 6.54 Å². The summed E-state index contributed by atoms with van der Waals surface area (Å²) < 4.78 is 5.57. The average molecular weight is 290 g/mol. The Bertz CT molecular complexity index is 637. The first kappa shape index (κ1) is 15.1. The standard InChI is InChI=1S/C14H18N4O3/c1-9(2)15-7-6-13-16-17-14(21-13)11-4-5-12(18(19)20)10(3)8-11/h4-5,8-9,15H,6-7H2,1-3H3. The van der Waals surface area contributed by atoms with Crippen LogP contribution in [0.15, 0.2) is 22.6 Å². The minimum Gasteiger partial charge on any atom is -0.421 e. The maximum atomic E-state index is 10.8. The fourth-order valence-electron chi connectivity index (χ4n) is 1.93. The Morgan fingerprint density at radius 2 is 2.14 bits per heavy atom. The lowest BCUT2D eigenvalue weighted by Gasteiger charge is -2.04. The van der Waals surface area contributed by atoms with Crippen LogP contribution in [0, 0.1) is 17.0 Å². The van der Waals surface area contributed by atoms with E-state index in [4.69, 9.17) is 4.42 Å². The number of nitrogens with zero attached hydrogens (tertiary/aromatic N) is 3. The van der Waals surface area contributed by atoms with Crippen molar-refractivity contribution < 1.29 is 9.34 Å². The van der Waals surface area contributed by atoms with Crippen molar-refractivity contribution in [2.24, 2.45) is 0 Å². The van der Waals surface area contributed by atoms with Crippen molar-refractivity contribution >= 4 is 5.69 Å². The van der Waals surface area contributed by atoms with Gasteiger partial charge in [-0.3, -0.25) is 10.1 Å². The highest BCUT2D eigenvalue weighted by Crippen LogP contribution is 2.25. The number of aromatic nitrogens is 2. The Labute approximate surface area is 122 Å². The van der Waals surface area contributed by atoms with Gasteiger partial charge in [0.15, 0.2) is 0 Å². The van der Waals surface area contributed by atoms with Gasteiger partial charge in [0.1, 0.15) is 0 Å². The number of benzene rings is 1. The van der Waals surface area contributed by atoms with E-state index in [1.54, 1.807) is 19.1 Å². The monoisotopic (exact) mass is 290 g/mol. The van der Waals surface area contributed by atoms with Gasteiger partial charge >= 0.3 is 0 Å². The summed E-state index contributed by atoms with van der Waals surface area (Å²) in [6.45, 7) is 6.59. The zero-order chi connectivity index (χ0) is 15.4. The molecule has 7 heteroatoms. The molecule has 0 bridgehead atoms. The summed E-state index contributed by atoms with van der Waals surface area (Å²) in [5.74, 6) is 0.932. The summed E-state index contributed by atoms with van der Waals surface area (Å²) >= 11 is 0. The van der Waals surface area contributed by atoms with Crippen LogP contribution in [0.1, 0.15) is 25.3 Å². The third kappa shape index (κ3) is 3.85. The molecule has 0 unspecified atom stereocenters. The van der Waals surface area contributed by atoms with E-state index in [2.05, 4.69) is 29.4 Å². The first-order valence-electron chi connectivity index (χ1n) is 6.78. The fourth-order valence-corrected chi connectivity index (χ4v) is 1.93. The van der Waals surface area contributed by atoms with Crippen molar-refractivity contribution in [3.8, 4) is 11.5 Å². The van der Waals surface area contributed by atoms with Gasteiger partial charge < -0.3 is 9.73 Å². The van der Waals surface area contributed by atoms with E-state index >= 15 is 0 Å². The van der Waals surface area contributed by atoms with Gasteiger partial charge in [0.25, 0.3) is 5.69 Å². The van der Waals surface area contributed by atoms with Crippen LogP contribution in [0.25, 0.3) is 11.5 Å². The molecule has 7 nitrogen and oxygen atoms in total. The van der Waals surface area contributed by atoms with E-state index in [-0.39, 0.29) is 5.69 Å². The highest BCUT2D eigenvalue weighted by molar-refractivity contribution is 5.58. The largest absolute Gasteiger partial charge is 0.421 e. The Morgan fingerprint density at radius 1 is 1.38 bits per heavy atom. The maximum Gasteiger partial charge on any atom is 0.272 e. The topological polar surface area (TPSA) is 94.1 Å². The second kappa shape index (κ2) is 6.45. The summed E-state index contributed by atoms with van der Waals surface area (Å²) in [4.78, 5) is 10.4. The van der Waals surface area contributed by atoms with Gasteiger partial charge in [-0.1, -0.05) is 13.8 Å². The Balaban J connectivity index is 2.10. The van der Waals surface area contributed by atoms with Crippen LogP contribution in [0.2, 0.25) is 0 Å². The second-order valence-electron chi connectivity index (χ2n) is 5.12. The number of aryl methyl sites for hydroxylation is 1. The quantitative estimate of drug-likeness (QED) is 0.649. The highest BCUT2D eigenvalue weighted by atomic mass is 16.6. The molecule has 0 amide bonds. The number of nitro benzene ring substituents is 1. The fraction of sp³-hybridized carbons (Fsp3) is 0.429. The highest BCUT2D eigenvalue weighted by Gasteiger charge is 2.14. The summed E-state index contributed by atoms with van der Waals surface area (Å²) in [6, 6.07) is 5.16. The molecule has 0 aliphatic carbocycles. The summed E-state index contributed by atoms with van der Waals surface area (Å²) in [7, 11) is 0. The lowest BCUT2D eigenvalue weighted by atomic mass is 10.1. The van der Waals surface area contributed by atoms with Gasteiger partial charge in [0.05, 0.1) is 4.92 Å². The van der Waals surface area contributed by atoms with Gasteiger partial charge in [-0.15, -0.1) is 10.2 Å². The van der Waals surface area contributed by atoms with Gasteiger partial charge in [-0.05, 0) is 19.1 Å². The molecule has 0 fully saturated rings. The minimum absolute atomic E-state index is 0.0830. The Morgan fingerprint density at radius 3 is 2.76 bits per heavy atom. The molecule has 2 aromatic rings. The van der Waals surface area contributed by atoms with Gasteiger partial charge in [0.2, 0.25) is 11.8 Å². The zero-order valence-electron chi connectivity index (χ0n) is 12.3. The molecule has 0 radical (unpaired) electrons. The summed E-state index contributed by atoms with van der Waals surface area (Å²) in [5, 5.41) is 22.0.